The fraction of sp³-hybridized carbons (Fsp3) is 0.0833. The summed E-state index contributed by atoms with van der Waals surface area (Å²) in [5.74, 6) is -3.93. The Bertz CT molecular complexity index is 694. The van der Waals surface area contributed by atoms with E-state index in [9.17, 15) is 22.0 Å². The smallest absolute Gasteiger partial charge is 0.341 e. The van der Waals surface area contributed by atoms with Gasteiger partial charge in [0.05, 0.1) is 11.2 Å². The number of hydrogen-bond donors (Lipinski definition) is 1. The van der Waals surface area contributed by atoms with Gasteiger partial charge >= 0.3 is 5.76 Å². The summed E-state index contributed by atoms with van der Waals surface area (Å²) in [5, 5.41) is 2.44. The van der Waals surface area contributed by atoms with Crippen molar-refractivity contribution in [2.24, 2.45) is 0 Å². The summed E-state index contributed by atoms with van der Waals surface area (Å²) in [5.41, 5.74) is 0.264. The Kier molecular flexibility index (Phi) is 3.84. The highest BCUT2D eigenvalue weighted by Crippen LogP contribution is 2.20. The maximum Gasteiger partial charge on any atom is 0.341 e. The predicted octanol–water partition coefficient (Wildman–Crippen LogP) is 2.53. The molecule has 0 fully saturated rings. The number of halogens is 2. The molecule has 0 saturated heterocycles. The molecule has 20 heavy (non-hydrogen) atoms. The van der Waals surface area contributed by atoms with E-state index in [0.717, 1.165) is 12.1 Å². The number of alkyl halides is 2. The molecule has 2 aromatic rings. The number of sulfone groups is 1. The van der Waals surface area contributed by atoms with Crippen molar-refractivity contribution in [2.45, 2.75) is 10.7 Å². The highest BCUT2D eigenvalue weighted by Gasteiger charge is 2.26. The van der Waals surface area contributed by atoms with Gasteiger partial charge in [0.2, 0.25) is 9.84 Å². The fourth-order valence-corrected chi connectivity index (χ4v) is 2.15. The molecule has 1 amide bonds. The minimum Gasteiger partial charge on any atom is -0.459 e. The molecule has 0 bridgehead atoms. The Morgan fingerprint density at radius 1 is 1.15 bits per heavy atom. The topological polar surface area (TPSA) is 76.4 Å². The molecule has 106 valence electrons. The van der Waals surface area contributed by atoms with Crippen molar-refractivity contribution in [2.75, 3.05) is 5.32 Å². The molecule has 0 saturated carbocycles. The van der Waals surface area contributed by atoms with E-state index in [1.54, 1.807) is 0 Å². The van der Waals surface area contributed by atoms with E-state index in [0.29, 0.717) is 0 Å². The number of furan rings is 1. The summed E-state index contributed by atoms with van der Waals surface area (Å²) in [6.07, 6.45) is 1.33. The lowest BCUT2D eigenvalue weighted by Gasteiger charge is -2.06. The molecular formula is C12H9F2NO4S. The van der Waals surface area contributed by atoms with Crippen LogP contribution in [0, 0.1) is 0 Å². The Morgan fingerprint density at radius 3 is 2.30 bits per heavy atom. The second-order valence-corrected chi connectivity index (χ2v) is 5.68. The molecule has 5 nitrogen and oxygen atoms in total. The van der Waals surface area contributed by atoms with Gasteiger partial charge in [0.15, 0.2) is 5.76 Å². The Labute approximate surface area is 113 Å². The molecule has 0 spiro atoms. The van der Waals surface area contributed by atoms with Crippen molar-refractivity contribution in [1.29, 1.82) is 0 Å². The summed E-state index contributed by atoms with van der Waals surface area (Å²) in [4.78, 5) is 11.1. The van der Waals surface area contributed by atoms with Gasteiger partial charge in [0.25, 0.3) is 5.91 Å². The summed E-state index contributed by atoms with van der Waals surface area (Å²) in [6.45, 7) is 0. The summed E-state index contributed by atoms with van der Waals surface area (Å²) in [7, 11) is -4.63. The highest BCUT2D eigenvalue weighted by atomic mass is 32.2. The van der Waals surface area contributed by atoms with Gasteiger partial charge in [0, 0.05) is 5.69 Å². The van der Waals surface area contributed by atoms with Gasteiger partial charge < -0.3 is 9.73 Å². The monoisotopic (exact) mass is 301 g/mol. The van der Waals surface area contributed by atoms with Crippen LogP contribution in [0.15, 0.2) is 52.0 Å². The molecule has 0 atom stereocenters. The van der Waals surface area contributed by atoms with Crippen molar-refractivity contribution in [3.8, 4) is 0 Å². The third-order valence-electron chi connectivity index (χ3n) is 2.42. The number of carbonyl (C=O) groups is 1. The largest absolute Gasteiger partial charge is 0.459 e. The van der Waals surface area contributed by atoms with E-state index < -0.39 is 26.4 Å². The number of anilines is 1. The van der Waals surface area contributed by atoms with Gasteiger partial charge in [-0.2, -0.15) is 8.78 Å². The van der Waals surface area contributed by atoms with Crippen molar-refractivity contribution < 1.29 is 26.4 Å². The van der Waals surface area contributed by atoms with E-state index >= 15 is 0 Å². The minimum atomic E-state index is -4.63. The van der Waals surface area contributed by atoms with Crippen LogP contribution in [0.1, 0.15) is 10.6 Å². The van der Waals surface area contributed by atoms with Gasteiger partial charge in [-0.25, -0.2) is 8.42 Å². The zero-order valence-corrected chi connectivity index (χ0v) is 10.7. The van der Waals surface area contributed by atoms with E-state index in [-0.39, 0.29) is 11.4 Å². The quantitative estimate of drug-likeness (QED) is 0.941. The molecule has 0 aliphatic heterocycles. The first-order valence-corrected chi connectivity index (χ1v) is 6.93. The van der Waals surface area contributed by atoms with Crippen LogP contribution in [0.2, 0.25) is 0 Å². The number of hydrogen-bond acceptors (Lipinski definition) is 4. The van der Waals surface area contributed by atoms with Gasteiger partial charge in [0.1, 0.15) is 0 Å². The summed E-state index contributed by atoms with van der Waals surface area (Å²) >= 11 is 0. The molecule has 0 aliphatic carbocycles. The van der Waals surface area contributed by atoms with Crippen LogP contribution in [0.5, 0.6) is 0 Å². The van der Waals surface area contributed by atoms with Gasteiger partial charge in [-0.15, -0.1) is 0 Å². The first-order valence-electron chi connectivity index (χ1n) is 5.38. The fourth-order valence-electron chi connectivity index (χ4n) is 1.43. The van der Waals surface area contributed by atoms with Crippen LogP contribution in [0.4, 0.5) is 14.5 Å². The van der Waals surface area contributed by atoms with Crippen LogP contribution < -0.4 is 5.32 Å². The Morgan fingerprint density at radius 2 is 1.80 bits per heavy atom. The minimum absolute atomic E-state index is 0.0780. The zero-order valence-electron chi connectivity index (χ0n) is 9.92. The van der Waals surface area contributed by atoms with E-state index in [1.807, 2.05) is 0 Å². The van der Waals surface area contributed by atoms with Crippen LogP contribution in [0.25, 0.3) is 0 Å². The maximum absolute atomic E-state index is 12.3. The van der Waals surface area contributed by atoms with Gasteiger partial charge in [-0.1, -0.05) is 0 Å². The van der Waals surface area contributed by atoms with Crippen LogP contribution >= 0.6 is 0 Å². The second-order valence-electron chi connectivity index (χ2n) is 3.76. The molecule has 1 aromatic carbocycles. The average Bonchev–Trinajstić information content (AvgIpc) is 2.93. The molecule has 8 heteroatoms. The van der Waals surface area contributed by atoms with Crippen molar-refractivity contribution in [3.63, 3.8) is 0 Å². The lowest BCUT2D eigenvalue weighted by Crippen LogP contribution is -2.13. The van der Waals surface area contributed by atoms with Gasteiger partial charge in [-0.05, 0) is 36.4 Å². The SMILES string of the molecule is O=C(Nc1ccc(S(=O)(=O)C(F)F)cc1)c1ccco1. The summed E-state index contributed by atoms with van der Waals surface area (Å²) < 4.78 is 51.9. The lowest BCUT2D eigenvalue weighted by atomic mass is 10.3. The maximum atomic E-state index is 12.3. The van der Waals surface area contributed by atoms with Crippen molar-refractivity contribution >= 4 is 21.4 Å². The first-order chi connectivity index (χ1) is 9.41. The molecule has 0 radical (unpaired) electrons. The molecule has 1 heterocycles. The molecule has 1 N–H and O–H groups in total. The first kappa shape index (κ1) is 14.2. The van der Waals surface area contributed by atoms with E-state index in [2.05, 4.69) is 5.32 Å². The van der Waals surface area contributed by atoms with Crippen LogP contribution in [-0.4, -0.2) is 20.1 Å². The average molecular weight is 301 g/mol. The molecule has 2 rings (SSSR count). The van der Waals surface area contributed by atoms with Crippen LogP contribution in [-0.2, 0) is 9.84 Å². The van der Waals surface area contributed by atoms with Gasteiger partial charge in [-0.3, -0.25) is 4.79 Å². The van der Waals surface area contributed by atoms with E-state index in [4.69, 9.17) is 4.42 Å². The van der Waals surface area contributed by atoms with Crippen molar-refractivity contribution in [1.82, 2.24) is 0 Å². The van der Waals surface area contributed by atoms with Crippen LogP contribution in [0.3, 0.4) is 0 Å². The normalized spacial score (nSPS) is 11.6. The third kappa shape index (κ3) is 2.85. The Hall–Kier alpha value is -2.22. The number of nitrogens with one attached hydrogen (secondary N) is 1. The molecular weight excluding hydrogens is 292 g/mol. The van der Waals surface area contributed by atoms with E-state index in [1.165, 1.54) is 30.5 Å². The number of rotatable bonds is 4. The summed E-state index contributed by atoms with van der Waals surface area (Å²) in [6, 6.07) is 7.42. The molecule has 0 unspecified atom stereocenters. The van der Waals surface area contributed by atoms with Crippen molar-refractivity contribution in [3.05, 3.63) is 48.4 Å². The molecule has 1 aromatic heterocycles. The third-order valence-corrected chi connectivity index (χ3v) is 3.82. The molecule has 0 aliphatic rings. The number of amides is 1. The Balaban J connectivity index is 2.15. The number of benzene rings is 1. The highest BCUT2D eigenvalue weighted by molar-refractivity contribution is 7.91. The standard InChI is InChI=1S/C12H9F2NO4S/c13-12(14)20(17,18)9-5-3-8(4-6-9)15-11(16)10-2-1-7-19-10/h1-7,12H,(H,15,16). The lowest BCUT2D eigenvalue weighted by molar-refractivity contribution is 0.0996. The second kappa shape index (κ2) is 5.41. The number of carbonyl (C=O) groups excluding carboxylic acids is 1. The zero-order chi connectivity index (χ0) is 14.8. The predicted molar refractivity (Wildman–Crippen MR) is 66.3 cm³/mol.